The number of benzene rings is 3. The molecule has 0 saturated heterocycles. The standard InChI is InChI=1S/C31H24ClN3O2/c1-30(2,3)35-29-25(28(37)22-12-8-5-9-13-22)24(27(36)21-10-6-4-7-11-21)26(31(29,18-33)19-34)20-14-16-23(32)17-15-20/h4-17,35H,1-3H3. The highest BCUT2D eigenvalue weighted by molar-refractivity contribution is 6.31. The molecule has 0 fully saturated rings. The minimum Gasteiger partial charge on any atom is -0.381 e. The van der Waals surface area contributed by atoms with Gasteiger partial charge in [-0.1, -0.05) is 84.4 Å². The topological polar surface area (TPSA) is 93.8 Å². The van der Waals surface area contributed by atoms with Gasteiger partial charge in [0.05, 0.1) is 23.4 Å². The van der Waals surface area contributed by atoms with Gasteiger partial charge in [0, 0.05) is 32.8 Å². The Morgan fingerprint density at radius 3 is 1.65 bits per heavy atom. The minimum atomic E-state index is -1.94. The molecule has 37 heavy (non-hydrogen) atoms. The molecule has 182 valence electrons. The van der Waals surface area contributed by atoms with Crippen LogP contribution in [0.5, 0.6) is 0 Å². The van der Waals surface area contributed by atoms with Crippen LogP contribution < -0.4 is 5.32 Å². The monoisotopic (exact) mass is 505 g/mol. The van der Waals surface area contributed by atoms with E-state index in [-0.39, 0.29) is 22.4 Å². The highest BCUT2D eigenvalue weighted by Gasteiger charge is 2.53. The fraction of sp³-hybridized carbons (Fsp3) is 0.161. The first-order valence-corrected chi connectivity index (χ1v) is 12.1. The van der Waals surface area contributed by atoms with Crippen LogP contribution in [-0.2, 0) is 0 Å². The molecule has 0 aromatic heterocycles. The normalized spacial score (nSPS) is 14.6. The summed E-state index contributed by atoms with van der Waals surface area (Å²) in [7, 11) is 0. The van der Waals surface area contributed by atoms with E-state index in [0.717, 1.165) is 0 Å². The summed E-state index contributed by atoms with van der Waals surface area (Å²) in [6.45, 7) is 5.59. The first-order valence-electron chi connectivity index (χ1n) is 11.7. The Kier molecular flexibility index (Phi) is 6.86. The summed E-state index contributed by atoms with van der Waals surface area (Å²) in [6.07, 6.45) is 0. The van der Waals surface area contributed by atoms with Crippen molar-refractivity contribution in [3.05, 3.63) is 123 Å². The van der Waals surface area contributed by atoms with E-state index in [1.165, 1.54) is 0 Å². The molecule has 3 aromatic carbocycles. The third-order valence-electron chi connectivity index (χ3n) is 5.99. The zero-order valence-corrected chi connectivity index (χ0v) is 21.4. The molecule has 5 nitrogen and oxygen atoms in total. The first-order chi connectivity index (χ1) is 17.6. The van der Waals surface area contributed by atoms with Crippen LogP contribution in [0.25, 0.3) is 5.57 Å². The molecule has 0 saturated carbocycles. The van der Waals surface area contributed by atoms with Gasteiger partial charge in [-0.3, -0.25) is 9.59 Å². The summed E-state index contributed by atoms with van der Waals surface area (Å²) < 4.78 is 0. The predicted octanol–water partition coefficient (Wildman–Crippen LogP) is 6.55. The zero-order chi connectivity index (χ0) is 26.8. The van der Waals surface area contributed by atoms with Crippen LogP contribution in [0.4, 0.5) is 0 Å². The number of halogens is 1. The Bertz CT molecular complexity index is 1500. The molecular weight excluding hydrogens is 482 g/mol. The molecule has 0 spiro atoms. The average molecular weight is 506 g/mol. The van der Waals surface area contributed by atoms with Gasteiger partial charge in [-0.25, -0.2) is 0 Å². The molecule has 4 rings (SSSR count). The second kappa shape index (κ2) is 9.90. The smallest absolute Gasteiger partial charge is 0.209 e. The van der Waals surface area contributed by atoms with E-state index in [1.807, 2.05) is 20.8 Å². The number of hydrogen-bond acceptors (Lipinski definition) is 5. The molecule has 0 radical (unpaired) electrons. The van der Waals surface area contributed by atoms with Gasteiger partial charge in [-0.05, 0) is 38.5 Å². The van der Waals surface area contributed by atoms with Gasteiger partial charge in [0.1, 0.15) is 0 Å². The maximum atomic E-state index is 14.2. The van der Waals surface area contributed by atoms with Crippen LogP contribution in [0, 0.1) is 28.1 Å². The summed E-state index contributed by atoms with van der Waals surface area (Å²) in [6, 6.07) is 28.0. The first kappa shape index (κ1) is 25.6. The van der Waals surface area contributed by atoms with Crippen LogP contribution in [0.15, 0.2) is 102 Å². The van der Waals surface area contributed by atoms with Crippen molar-refractivity contribution in [1.82, 2.24) is 5.32 Å². The van der Waals surface area contributed by atoms with Gasteiger partial charge in [0.2, 0.25) is 5.41 Å². The molecule has 0 aliphatic heterocycles. The Labute approximate surface area is 221 Å². The summed E-state index contributed by atoms with van der Waals surface area (Å²) in [5, 5.41) is 24.9. The number of allylic oxidation sites excluding steroid dienone is 3. The summed E-state index contributed by atoms with van der Waals surface area (Å²) in [4.78, 5) is 28.3. The van der Waals surface area contributed by atoms with E-state index in [9.17, 15) is 20.1 Å². The predicted molar refractivity (Wildman–Crippen MR) is 143 cm³/mol. The SMILES string of the molecule is CC(C)(C)NC1=C(C(=O)c2ccccc2)C(C(=O)c2ccccc2)=C(c2ccc(Cl)cc2)C1(C#N)C#N. The molecule has 1 aliphatic rings. The number of nitrogens with one attached hydrogen (secondary N) is 1. The maximum Gasteiger partial charge on any atom is 0.209 e. The summed E-state index contributed by atoms with van der Waals surface area (Å²) in [5.74, 6) is -0.907. The van der Waals surface area contributed by atoms with Gasteiger partial charge in [-0.2, -0.15) is 10.5 Å². The number of carbonyl (C=O) groups is 2. The summed E-state index contributed by atoms with van der Waals surface area (Å²) in [5.41, 5.74) is -1.14. The lowest BCUT2D eigenvalue weighted by Gasteiger charge is -2.30. The van der Waals surface area contributed by atoms with E-state index in [4.69, 9.17) is 11.6 Å². The minimum absolute atomic E-state index is 0.0167. The van der Waals surface area contributed by atoms with Crippen molar-refractivity contribution in [2.75, 3.05) is 0 Å². The Balaban J connectivity index is 2.16. The Hall–Kier alpha value is -4.45. The fourth-order valence-corrected chi connectivity index (χ4v) is 4.56. The lowest BCUT2D eigenvalue weighted by molar-refractivity contribution is 0.0997. The number of Topliss-reactive ketones (excluding diaryl/α,β-unsaturated/α-hetero) is 2. The van der Waals surface area contributed by atoms with Gasteiger partial charge in [0.25, 0.3) is 0 Å². The van der Waals surface area contributed by atoms with Crippen LogP contribution in [-0.4, -0.2) is 17.1 Å². The lowest BCUT2D eigenvalue weighted by atomic mass is 9.77. The quantitative estimate of drug-likeness (QED) is 0.383. The third kappa shape index (κ3) is 4.70. The van der Waals surface area contributed by atoms with Crippen LogP contribution >= 0.6 is 11.6 Å². The van der Waals surface area contributed by atoms with Gasteiger partial charge in [0.15, 0.2) is 11.6 Å². The largest absolute Gasteiger partial charge is 0.381 e. The van der Waals surface area contributed by atoms with Crippen molar-refractivity contribution < 1.29 is 9.59 Å². The number of hydrogen-bond donors (Lipinski definition) is 1. The van der Waals surface area contributed by atoms with Crippen molar-refractivity contribution in [2.24, 2.45) is 5.41 Å². The highest BCUT2D eigenvalue weighted by Crippen LogP contribution is 2.52. The molecule has 3 aromatic rings. The number of ketones is 2. The molecule has 0 heterocycles. The van der Waals surface area contributed by atoms with Crippen molar-refractivity contribution in [3.8, 4) is 12.1 Å². The third-order valence-corrected chi connectivity index (χ3v) is 6.25. The Morgan fingerprint density at radius 2 is 1.22 bits per heavy atom. The molecule has 0 unspecified atom stereocenters. The number of nitriles is 2. The highest BCUT2D eigenvalue weighted by atomic mass is 35.5. The zero-order valence-electron chi connectivity index (χ0n) is 20.7. The van der Waals surface area contributed by atoms with E-state index in [0.29, 0.717) is 21.7 Å². The van der Waals surface area contributed by atoms with E-state index in [2.05, 4.69) is 17.5 Å². The Morgan fingerprint density at radius 1 is 0.757 bits per heavy atom. The van der Waals surface area contributed by atoms with Gasteiger partial charge in [-0.15, -0.1) is 0 Å². The molecule has 0 atom stereocenters. The number of carbonyl (C=O) groups excluding carboxylic acids is 2. The van der Waals surface area contributed by atoms with Gasteiger partial charge >= 0.3 is 0 Å². The second-order valence-corrected chi connectivity index (χ2v) is 10.2. The lowest BCUT2D eigenvalue weighted by Crippen LogP contribution is -2.41. The average Bonchev–Trinajstić information content (AvgIpc) is 3.18. The molecule has 1 aliphatic carbocycles. The van der Waals surface area contributed by atoms with Crippen molar-refractivity contribution >= 4 is 28.7 Å². The maximum absolute atomic E-state index is 14.2. The molecule has 0 bridgehead atoms. The molecule has 0 amide bonds. The van der Waals surface area contributed by atoms with Crippen molar-refractivity contribution in [3.63, 3.8) is 0 Å². The van der Waals surface area contributed by atoms with Crippen LogP contribution in [0.3, 0.4) is 0 Å². The molecule has 1 N–H and O–H groups in total. The fourth-order valence-electron chi connectivity index (χ4n) is 4.43. The van der Waals surface area contributed by atoms with E-state index in [1.54, 1.807) is 84.9 Å². The van der Waals surface area contributed by atoms with Crippen LogP contribution in [0.2, 0.25) is 5.02 Å². The summed E-state index contributed by atoms with van der Waals surface area (Å²) >= 11 is 6.14. The second-order valence-electron chi connectivity index (χ2n) is 9.75. The van der Waals surface area contributed by atoms with E-state index < -0.39 is 22.5 Å². The van der Waals surface area contributed by atoms with Crippen molar-refractivity contribution in [2.45, 2.75) is 26.3 Å². The van der Waals surface area contributed by atoms with Crippen LogP contribution in [0.1, 0.15) is 47.1 Å². The van der Waals surface area contributed by atoms with Crippen molar-refractivity contribution in [1.29, 1.82) is 10.5 Å². The number of nitrogens with zero attached hydrogens (tertiary/aromatic N) is 2. The van der Waals surface area contributed by atoms with Gasteiger partial charge < -0.3 is 5.32 Å². The molecule has 6 heteroatoms. The molecular formula is C31H24ClN3O2. The van der Waals surface area contributed by atoms with E-state index >= 15 is 0 Å². The number of rotatable bonds is 6.